The quantitative estimate of drug-likeness (QED) is 0.861. The zero-order chi connectivity index (χ0) is 13.5. The van der Waals surface area contributed by atoms with Crippen LogP contribution in [-0.4, -0.2) is 17.4 Å². The molecule has 0 spiro atoms. The Kier molecular flexibility index (Phi) is 5.10. The van der Waals surface area contributed by atoms with Crippen molar-refractivity contribution < 1.29 is 4.79 Å². The number of benzene rings is 1. The molecule has 1 heterocycles. The van der Waals surface area contributed by atoms with Gasteiger partial charge >= 0.3 is 0 Å². The molecular formula is C15H15BrN2O. The zero-order valence-corrected chi connectivity index (χ0v) is 12.1. The first-order chi connectivity index (χ1) is 9.31. The van der Waals surface area contributed by atoms with Gasteiger partial charge in [0.05, 0.1) is 0 Å². The molecule has 98 valence electrons. The number of nitrogens with zero attached hydrogens (tertiary/aromatic N) is 1. The van der Waals surface area contributed by atoms with Crippen LogP contribution in [0, 0.1) is 0 Å². The molecule has 3 nitrogen and oxygen atoms in total. The van der Waals surface area contributed by atoms with Crippen molar-refractivity contribution >= 4 is 21.8 Å². The minimum Gasteiger partial charge on any atom is -0.352 e. The fourth-order valence-electron chi connectivity index (χ4n) is 1.82. The van der Waals surface area contributed by atoms with Gasteiger partial charge in [0.2, 0.25) is 0 Å². The number of aromatic nitrogens is 1. The number of nitrogens with one attached hydrogen (secondary N) is 1. The van der Waals surface area contributed by atoms with E-state index in [4.69, 9.17) is 0 Å². The van der Waals surface area contributed by atoms with Crippen LogP contribution in [0.5, 0.6) is 0 Å². The van der Waals surface area contributed by atoms with Crippen LogP contribution in [0.1, 0.15) is 21.5 Å². The molecule has 0 aliphatic carbocycles. The molecule has 0 unspecified atom stereocenters. The van der Waals surface area contributed by atoms with Crippen molar-refractivity contribution in [3.8, 4) is 0 Å². The molecular weight excluding hydrogens is 304 g/mol. The summed E-state index contributed by atoms with van der Waals surface area (Å²) >= 11 is 3.39. The fraction of sp³-hybridized carbons (Fsp3) is 0.200. The fourth-order valence-corrected chi connectivity index (χ4v) is 2.31. The van der Waals surface area contributed by atoms with Gasteiger partial charge in [-0.05, 0) is 35.7 Å². The molecule has 0 fully saturated rings. The summed E-state index contributed by atoms with van der Waals surface area (Å²) in [6.07, 6.45) is 4.33. The number of amides is 1. The lowest BCUT2D eigenvalue weighted by molar-refractivity contribution is 0.0953. The summed E-state index contributed by atoms with van der Waals surface area (Å²) < 4.78 is 0. The van der Waals surface area contributed by atoms with Gasteiger partial charge in [0.1, 0.15) is 0 Å². The van der Waals surface area contributed by atoms with Crippen LogP contribution in [0.4, 0.5) is 0 Å². The maximum Gasteiger partial charge on any atom is 0.251 e. The molecule has 19 heavy (non-hydrogen) atoms. The van der Waals surface area contributed by atoms with Gasteiger partial charge in [-0.1, -0.05) is 34.1 Å². The van der Waals surface area contributed by atoms with E-state index in [1.54, 1.807) is 12.4 Å². The zero-order valence-electron chi connectivity index (χ0n) is 10.5. The molecule has 1 N–H and O–H groups in total. The van der Waals surface area contributed by atoms with Crippen molar-refractivity contribution in [2.24, 2.45) is 0 Å². The molecule has 0 saturated carbocycles. The highest BCUT2D eigenvalue weighted by Gasteiger charge is 2.08. The van der Waals surface area contributed by atoms with Crippen molar-refractivity contribution in [3.05, 3.63) is 65.5 Å². The van der Waals surface area contributed by atoms with E-state index < -0.39 is 0 Å². The minimum atomic E-state index is -0.0240. The van der Waals surface area contributed by atoms with E-state index in [-0.39, 0.29) is 5.91 Å². The first kappa shape index (κ1) is 13.7. The number of halogens is 1. The Hall–Kier alpha value is -1.68. The van der Waals surface area contributed by atoms with Crippen molar-refractivity contribution in [1.82, 2.24) is 10.3 Å². The molecule has 1 aromatic carbocycles. The largest absolute Gasteiger partial charge is 0.352 e. The summed E-state index contributed by atoms with van der Waals surface area (Å²) in [5.74, 6) is -0.0240. The molecule has 0 radical (unpaired) electrons. The van der Waals surface area contributed by atoms with E-state index >= 15 is 0 Å². The minimum absolute atomic E-state index is 0.0240. The van der Waals surface area contributed by atoms with Gasteiger partial charge in [-0.25, -0.2) is 0 Å². The Morgan fingerprint density at radius 3 is 2.63 bits per heavy atom. The summed E-state index contributed by atoms with van der Waals surface area (Å²) in [7, 11) is 0. The SMILES string of the molecule is O=C(NCCc1ccncc1)c1ccccc1CBr. The van der Waals surface area contributed by atoms with Crippen LogP contribution < -0.4 is 5.32 Å². The Labute approximate surface area is 121 Å². The third-order valence-electron chi connectivity index (χ3n) is 2.85. The second-order valence-corrected chi connectivity index (χ2v) is 4.71. The van der Waals surface area contributed by atoms with Crippen LogP contribution in [-0.2, 0) is 11.8 Å². The number of hydrogen-bond acceptors (Lipinski definition) is 2. The lowest BCUT2D eigenvalue weighted by Gasteiger charge is -2.08. The van der Waals surface area contributed by atoms with Gasteiger partial charge in [0.15, 0.2) is 0 Å². The summed E-state index contributed by atoms with van der Waals surface area (Å²) in [4.78, 5) is 16.0. The van der Waals surface area contributed by atoms with E-state index in [9.17, 15) is 4.79 Å². The van der Waals surface area contributed by atoms with Crippen LogP contribution in [0.2, 0.25) is 0 Å². The van der Waals surface area contributed by atoms with Gasteiger partial charge in [0.25, 0.3) is 5.91 Å². The van der Waals surface area contributed by atoms with Gasteiger partial charge < -0.3 is 5.32 Å². The number of carbonyl (C=O) groups excluding carboxylic acids is 1. The van der Waals surface area contributed by atoms with Crippen LogP contribution in [0.3, 0.4) is 0 Å². The van der Waals surface area contributed by atoms with E-state index in [0.717, 1.165) is 17.5 Å². The van der Waals surface area contributed by atoms with Gasteiger partial charge in [0, 0.05) is 29.8 Å². The molecule has 2 aromatic rings. The summed E-state index contributed by atoms with van der Waals surface area (Å²) in [5, 5.41) is 3.62. The molecule has 1 amide bonds. The average Bonchev–Trinajstić information content (AvgIpc) is 2.48. The molecule has 2 rings (SSSR count). The normalized spacial score (nSPS) is 10.2. The van der Waals surface area contributed by atoms with E-state index in [0.29, 0.717) is 11.9 Å². The number of alkyl halides is 1. The van der Waals surface area contributed by atoms with Crippen molar-refractivity contribution in [2.75, 3.05) is 6.54 Å². The third kappa shape index (κ3) is 3.89. The van der Waals surface area contributed by atoms with Crippen molar-refractivity contribution in [1.29, 1.82) is 0 Å². The molecule has 4 heteroatoms. The molecule has 0 bridgehead atoms. The third-order valence-corrected chi connectivity index (χ3v) is 3.46. The van der Waals surface area contributed by atoms with E-state index in [2.05, 4.69) is 26.2 Å². The summed E-state index contributed by atoms with van der Waals surface area (Å²) in [6, 6.07) is 11.5. The smallest absolute Gasteiger partial charge is 0.251 e. The maximum atomic E-state index is 12.1. The number of carbonyl (C=O) groups is 1. The molecule has 0 aliphatic heterocycles. The lowest BCUT2D eigenvalue weighted by atomic mass is 10.1. The highest BCUT2D eigenvalue weighted by Crippen LogP contribution is 2.12. The Balaban J connectivity index is 1.91. The van der Waals surface area contributed by atoms with E-state index in [1.807, 2.05) is 36.4 Å². The summed E-state index contributed by atoms with van der Waals surface area (Å²) in [6.45, 7) is 0.624. The van der Waals surface area contributed by atoms with Crippen LogP contribution in [0.15, 0.2) is 48.8 Å². The van der Waals surface area contributed by atoms with Crippen molar-refractivity contribution in [3.63, 3.8) is 0 Å². The first-order valence-corrected chi connectivity index (χ1v) is 7.24. The predicted molar refractivity (Wildman–Crippen MR) is 79.3 cm³/mol. The van der Waals surface area contributed by atoms with Crippen LogP contribution >= 0.6 is 15.9 Å². The Bertz CT molecular complexity index is 543. The maximum absolute atomic E-state index is 12.1. The van der Waals surface area contributed by atoms with Crippen LogP contribution in [0.25, 0.3) is 0 Å². The highest BCUT2D eigenvalue weighted by atomic mass is 79.9. The molecule has 0 saturated heterocycles. The number of pyridine rings is 1. The lowest BCUT2D eigenvalue weighted by Crippen LogP contribution is -2.26. The molecule has 0 aliphatic rings. The predicted octanol–water partition coefficient (Wildman–Crippen LogP) is 2.95. The highest BCUT2D eigenvalue weighted by molar-refractivity contribution is 9.08. The molecule has 1 aromatic heterocycles. The Morgan fingerprint density at radius 1 is 1.16 bits per heavy atom. The second-order valence-electron chi connectivity index (χ2n) is 4.15. The van der Waals surface area contributed by atoms with Crippen molar-refractivity contribution in [2.45, 2.75) is 11.8 Å². The van der Waals surface area contributed by atoms with Gasteiger partial charge in [-0.15, -0.1) is 0 Å². The van der Waals surface area contributed by atoms with Gasteiger partial charge in [-0.3, -0.25) is 9.78 Å². The topological polar surface area (TPSA) is 42.0 Å². The summed E-state index contributed by atoms with van der Waals surface area (Å²) in [5.41, 5.74) is 2.90. The average molecular weight is 319 g/mol. The van der Waals surface area contributed by atoms with E-state index in [1.165, 1.54) is 5.56 Å². The van der Waals surface area contributed by atoms with Gasteiger partial charge in [-0.2, -0.15) is 0 Å². The number of rotatable bonds is 5. The Morgan fingerprint density at radius 2 is 1.89 bits per heavy atom. The molecule has 0 atom stereocenters. The first-order valence-electron chi connectivity index (χ1n) is 6.12. The standard InChI is InChI=1S/C15H15BrN2O/c16-11-13-3-1-2-4-14(13)15(19)18-10-7-12-5-8-17-9-6-12/h1-6,8-9H,7,10-11H2,(H,18,19). The number of hydrogen-bond donors (Lipinski definition) is 1. The monoisotopic (exact) mass is 318 g/mol. The second kappa shape index (κ2) is 7.04.